The zero-order valence-corrected chi connectivity index (χ0v) is 11.4. The standard InChI is InChI=1S/C15H10Cl2O2/c16-10-6-7-11(12(17)8-10)13(18)15-14(19-15)9-4-2-1-3-5-9/h1-8,14-15H/t14-,15-/m0/s1. The molecule has 4 heteroatoms. The first kappa shape index (κ1) is 12.7. The van der Waals surface area contributed by atoms with Crippen molar-refractivity contribution in [3.63, 3.8) is 0 Å². The topological polar surface area (TPSA) is 29.6 Å². The first-order chi connectivity index (χ1) is 9.16. The van der Waals surface area contributed by atoms with E-state index in [0.717, 1.165) is 5.56 Å². The van der Waals surface area contributed by atoms with E-state index < -0.39 is 6.10 Å². The maximum absolute atomic E-state index is 12.3. The molecule has 0 aliphatic carbocycles. The molecule has 1 saturated heterocycles. The van der Waals surface area contributed by atoms with Crippen LogP contribution in [0.25, 0.3) is 0 Å². The minimum absolute atomic E-state index is 0.101. The van der Waals surface area contributed by atoms with Crippen molar-refractivity contribution in [1.29, 1.82) is 0 Å². The van der Waals surface area contributed by atoms with Gasteiger partial charge in [-0.1, -0.05) is 53.5 Å². The summed E-state index contributed by atoms with van der Waals surface area (Å²) in [7, 11) is 0. The van der Waals surface area contributed by atoms with E-state index in [2.05, 4.69) is 0 Å². The number of epoxide rings is 1. The van der Waals surface area contributed by atoms with E-state index in [9.17, 15) is 4.79 Å². The zero-order valence-electron chi connectivity index (χ0n) is 9.85. The number of hydrogen-bond acceptors (Lipinski definition) is 2. The van der Waals surface area contributed by atoms with Crippen LogP contribution in [0.1, 0.15) is 22.0 Å². The fourth-order valence-corrected chi connectivity index (χ4v) is 2.55. The molecule has 2 aromatic rings. The van der Waals surface area contributed by atoms with Gasteiger partial charge < -0.3 is 4.74 Å². The first-order valence-corrected chi connectivity index (χ1v) is 6.62. The van der Waals surface area contributed by atoms with Gasteiger partial charge in [-0.2, -0.15) is 0 Å². The molecule has 0 spiro atoms. The van der Waals surface area contributed by atoms with Crippen molar-refractivity contribution in [3.8, 4) is 0 Å². The Morgan fingerprint density at radius 2 is 1.79 bits per heavy atom. The summed E-state index contributed by atoms with van der Waals surface area (Å²) in [6.07, 6.45) is -0.610. The van der Waals surface area contributed by atoms with Crippen LogP contribution in [0.2, 0.25) is 10.0 Å². The Labute approximate surface area is 120 Å². The van der Waals surface area contributed by atoms with Crippen molar-refractivity contribution in [2.45, 2.75) is 12.2 Å². The molecule has 96 valence electrons. The summed E-state index contributed by atoms with van der Waals surface area (Å²) in [6.45, 7) is 0. The lowest BCUT2D eigenvalue weighted by atomic mass is 10.0. The lowest BCUT2D eigenvalue weighted by molar-refractivity contribution is 0.0954. The molecule has 0 N–H and O–H groups in total. The Bertz CT molecular complexity index is 625. The molecule has 0 bridgehead atoms. The largest absolute Gasteiger partial charge is 0.356 e. The minimum Gasteiger partial charge on any atom is -0.356 e. The van der Waals surface area contributed by atoms with Gasteiger partial charge in [0.25, 0.3) is 0 Å². The molecule has 1 fully saturated rings. The summed E-state index contributed by atoms with van der Waals surface area (Å²) >= 11 is 11.8. The van der Waals surface area contributed by atoms with Gasteiger partial charge in [0.1, 0.15) is 6.10 Å². The third-order valence-electron chi connectivity index (χ3n) is 3.07. The van der Waals surface area contributed by atoms with Gasteiger partial charge in [0, 0.05) is 10.6 Å². The predicted octanol–water partition coefficient (Wildman–Crippen LogP) is 4.32. The lowest BCUT2D eigenvalue weighted by Gasteiger charge is -2.01. The fourth-order valence-electron chi connectivity index (χ4n) is 2.05. The van der Waals surface area contributed by atoms with Crippen LogP contribution in [0, 0.1) is 0 Å². The number of ether oxygens (including phenoxy) is 1. The van der Waals surface area contributed by atoms with Gasteiger partial charge in [0.15, 0.2) is 11.9 Å². The van der Waals surface area contributed by atoms with Crippen molar-refractivity contribution in [2.75, 3.05) is 0 Å². The Morgan fingerprint density at radius 1 is 1.05 bits per heavy atom. The smallest absolute Gasteiger partial charge is 0.196 e. The SMILES string of the molecule is O=C(c1ccc(Cl)cc1Cl)[C@@H]1O[C@H]1c1ccccc1. The molecule has 1 heterocycles. The summed E-state index contributed by atoms with van der Waals surface area (Å²) in [5, 5.41) is 0.873. The van der Waals surface area contributed by atoms with Gasteiger partial charge in [0.2, 0.25) is 0 Å². The van der Waals surface area contributed by atoms with Crippen LogP contribution >= 0.6 is 23.2 Å². The molecule has 1 aliphatic rings. The number of carbonyl (C=O) groups excluding carboxylic acids is 1. The van der Waals surface area contributed by atoms with Crippen molar-refractivity contribution >= 4 is 29.0 Å². The van der Waals surface area contributed by atoms with Crippen molar-refractivity contribution < 1.29 is 9.53 Å². The van der Waals surface area contributed by atoms with Crippen LogP contribution in [-0.2, 0) is 4.74 Å². The minimum atomic E-state index is -0.443. The maximum Gasteiger partial charge on any atom is 0.196 e. The quantitative estimate of drug-likeness (QED) is 0.623. The van der Waals surface area contributed by atoms with Crippen LogP contribution in [0.4, 0.5) is 0 Å². The Kier molecular flexibility index (Phi) is 3.31. The van der Waals surface area contributed by atoms with E-state index in [1.54, 1.807) is 18.2 Å². The van der Waals surface area contributed by atoms with Gasteiger partial charge in [-0.25, -0.2) is 0 Å². The highest BCUT2D eigenvalue weighted by Gasteiger charge is 2.46. The van der Waals surface area contributed by atoms with E-state index in [1.807, 2.05) is 30.3 Å². The summed E-state index contributed by atoms with van der Waals surface area (Å²) in [5.74, 6) is -0.101. The van der Waals surface area contributed by atoms with Crippen molar-refractivity contribution in [3.05, 3.63) is 69.7 Å². The average Bonchev–Trinajstić information content (AvgIpc) is 3.19. The number of rotatable bonds is 3. The van der Waals surface area contributed by atoms with Crippen LogP contribution < -0.4 is 0 Å². The van der Waals surface area contributed by atoms with Crippen LogP contribution in [0.5, 0.6) is 0 Å². The van der Waals surface area contributed by atoms with E-state index in [0.29, 0.717) is 15.6 Å². The molecule has 19 heavy (non-hydrogen) atoms. The second kappa shape index (κ2) is 4.97. The van der Waals surface area contributed by atoms with E-state index in [1.165, 1.54) is 0 Å². The van der Waals surface area contributed by atoms with Gasteiger partial charge >= 0.3 is 0 Å². The Hall–Kier alpha value is -1.35. The van der Waals surface area contributed by atoms with E-state index >= 15 is 0 Å². The molecule has 3 rings (SSSR count). The first-order valence-electron chi connectivity index (χ1n) is 5.86. The van der Waals surface area contributed by atoms with Crippen LogP contribution in [0.15, 0.2) is 48.5 Å². The molecule has 0 saturated carbocycles. The Balaban J connectivity index is 1.80. The number of benzene rings is 2. The normalized spacial score (nSPS) is 21.2. The maximum atomic E-state index is 12.3. The summed E-state index contributed by atoms with van der Waals surface area (Å²) < 4.78 is 5.46. The lowest BCUT2D eigenvalue weighted by Crippen LogP contribution is -2.08. The molecular weight excluding hydrogens is 283 g/mol. The molecule has 2 aromatic carbocycles. The van der Waals surface area contributed by atoms with Gasteiger partial charge in [-0.15, -0.1) is 0 Å². The van der Waals surface area contributed by atoms with E-state index in [4.69, 9.17) is 27.9 Å². The highest BCUT2D eigenvalue weighted by atomic mass is 35.5. The predicted molar refractivity (Wildman–Crippen MR) is 74.8 cm³/mol. The highest BCUT2D eigenvalue weighted by molar-refractivity contribution is 6.37. The van der Waals surface area contributed by atoms with Gasteiger partial charge in [-0.3, -0.25) is 4.79 Å². The van der Waals surface area contributed by atoms with Crippen molar-refractivity contribution in [1.82, 2.24) is 0 Å². The second-order valence-electron chi connectivity index (χ2n) is 4.38. The number of halogens is 2. The third kappa shape index (κ3) is 2.52. The average molecular weight is 293 g/mol. The second-order valence-corrected chi connectivity index (χ2v) is 5.22. The molecule has 2 atom stereocenters. The molecule has 0 aromatic heterocycles. The molecule has 2 nitrogen and oxygen atoms in total. The number of carbonyl (C=O) groups is 1. The number of ketones is 1. The fraction of sp³-hybridized carbons (Fsp3) is 0.133. The van der Waals surface area contributed by atoms with E-state index in [-0.39, 0.29) is 11.9 Å². The third-order valence-corrected chi connectivity index (χ3v) is 3.62. The molecular formula is C15H10Cl2O2. The summed E-state index contributed by atoms with van der Waals surface area (Å²) in [4.78, 5) is 12.3. The molecule has 0 amide bonds. The van der Waals surface area contributed by atoms with Crippen molar-refractivity contribution in [2.24, 2.45) is 0 Å². The van der Waals surface area contributed by atoms with Gasteiger partial charge in [0.05, 0.1) is 5.02 Å². The number of Topliss-reactive ketones (excluding diaryl/α,β-unsaturated/α-hetero) is 1. The highest BCUT2D eigenvalue weighted by Crippen LogP contribution is 2.41. The zero-order chi connectivity index (χ0) is 13.4. The molecule has 0 radical (unpaired) electrons. The van der Waals surface area contributed by atoms with Gasteiger partial charge in [-0.05, 0) is 23.8 Å². The summed E-state index contributed by atoms with van der Waals surface area (Å²) in [6, 6.07) is 14.5. The van der Waals surface area contributed by atoms with Crippen LogP contribution in [0.3, 0.4) is 0 Å². The monoisotopic (exact) mass is 292 g/mol. The molecule has 0 unspecified atom stereocenters. The van der Waals surface area contributed by atoms with Crippen LogP contribution in [-0.4, -0.2) is 11.9 Å². The summed E-state index contributed by atoms with van der Waals surface area (Å²) in [5.41, 5.74) is 1.46. The Morgan fingerprint density at radius 3 is 2.47 bits per heavy atom. The number of hydrogen-bond donors (Lipinski definition) is 0. The molecule has 1 aliphatic heterocycles.